The van der Waals surface area contributed by atoms with Crippen LogP contribution in [-0.4, -0.2) is 20.0 Å². The molecule has 160 valence electrons. The molecular weight excluding hydrogens is 396 g/mol. The first-order valence-corrected chi connectivity index (χ1v) is 11.8. The van der Waals surface area contributed by atoms with Gasteiger partial charge in [-0.1, -0.05) is 36.4 Å². The van der Waals surface area contributed by atoms with Crippen LogP contribution >= 0.6 is 0 Å². The Morgan fingerprint density at radius 1 is 0.750 bits per heavy atom. The van der Waals surface area contributed by atoms with Gasteiger partial charge in [-0.15, -0.1) is 10.2 Å². The first-order valence-electron chi connectivity index (χ1n) is 11.8. The van der Waals surface area contributed by atoms with Crippen molar-refractivity contribution in [3.05, 3.63) is 72.6 Å². The summed E-state index contributed by atoms with van der Waals surface area (Å²) in [5.74, 6) is 3.68. The highest BCUT2D eigenvalue weighted by molar-refractivity contribution is 5.62. The Morgan fingerprint density at radius 2 is 1.34 bits per heavy atom. The zero-order valence-electron chi connectivity index (χ0n) is 18.0. The highest BCUT2D eigenvalue weighted by Gasteiger charge is 2.53. The molecule has 8 rings (SSSR count). The summed E-state index contributed by atoms with van der Waals surface area (Å²) < 4.78 is 8.24. The number of para-hydroxylation sites is 1. The fourth-order valence-electron chi connectivity index (χ4n) is 7.07. The molecule has 5 nitrogen and oxygen atoms in total. The summed E-state index contributed by atoms with van der Waals surface area (Å²) in [6.45, 7) is 0. The van der Waals surface area contributed by atoms with E-state index in [2.05, 4.69) is 40.7 Å². The maximum atomic E-state index is 6.23. The Balaban J connectivity index is 1.37. The monoisotopic (exact) mass is 422 g/mol. The Hall–Kier alpha value is -3.21. The van der Waals surface area contributed by atoms with Crippen molar-refractivity contribution in [2.24, 2.45) is 17.8 Å². The third-order valence-electron chi connectivity index (χ3n) is 7.95. The zero-order chi connectivity index (χ0) is 21.1. The molecule has 2 aromatic heterocycles. The lowest BCUT2D eigenvalue weighted by Gasteiger charge is -2.56. The zero-order valence-corrected chi connectivity index (χ0v) is 18.0. The van der Waals surface area contributed by atoms with E-state index < -0.39 is 0 Å². The second kappa shape index (κ2) is 6.89. The first-order chi connectivity index (χ1) is 15.8. The molecule has 0 amide bonds. The van der Waals surface area contributed by atoms with Gasteiger partial charge in [0.2, 0.25) is 5.89 Å². The van der Waals surface area contributed by atoms with Gasteiger partial charge in [-0.05, 0) is 80.5 Å². The summed E-state index contributed by atoms with van der Waals surface area (Å²) in [5, 5.41) is 14.1. The molecule has 2 heterocycles. The molecule has 5 heteroatoms. The second-order valence-electron chi connectivity index (χ2n) is 10.1. The Labute approximate surface area is 187 Å². The largest absolute Gasteiger partial charge is 0.416 e. The third-order valence-corrected chi connectivity index (χ3v) is 7.95. The predicted molar refractivity (Wildman–Crippen MR) is 122 cm³/mol. The quantitative estimate of drug-likeness (QED) is 0.401. The number of nitrogens with zero attached hydrogens (tertiary/aromatic N) is 4. The SMILES string of the molecule is c1ccc(-c2nnc(-c3cn(-c4ccccc4)nc3C34CC5CC(CC(C5)C3)C4)o2)cc1. The maximum Gasteiger partial charge on any atom is 0.251 e. The highest BCUT2D eigenvalue weighted by atomic mass is 16.4. The summed E-state index contributed by atoms with van der Waals surface area (Å²) in [6.07, 6.45) is 10.1. The summed E-state index contributed by atoms with van der Waals surface area (Å²) in [5.41, 5.74) is 4.32. The minimum Gasteiger partial charge on any atom is -0.416 e. The standard InChI is InChI=1S/C27H26N4O/c1-3-7-21(8-4-1)25-28-29-26(32-25)23-17-31(22-9-5-2-6-10-22)30-24(23)27-14-18-11-19(15-27)13-20(12-18)16-27/h1-10,17-20H,11-16H2. The fourth-order valence-corrected chi connectivity index (χ4v) is 7.07. The molecule has 0 spiro atoms. The van der Waals surface area contributed by atoms with Crippen molar-refractivity contribution in [2.45, 2.75) is 43.9 Å². The number of aromatic nitrogens is 4. The van der Waals surface area contributed by atoms with Gasteiger partial charge in [-0.25, -0.2) is 4.68 Å². The lowest BCUT2D eigenvalue weighted by Crippen LogP contribution is -2.49. The summed E-state index contributed by atoms with van der Waals surface area (Å²) >= 11 is 0. The molecule has 4 aromatic rings. The average molecular weight is 423 g/mol. The lowest BCUT2D eigenvalue weighted by atomic mass is 9.48. The van der Waals surface area contributed by atoms with Crippen LogP contribution in [0.4, 0.5) is 0 Å². The Morgan fingerprint density at radius 3 is 2.00 bits per heavy atom. The van der Waals surface area contributed by atoms with Crippen LogP contribution in [0.3, 0.4) is 0 Å². The van der Waals surface area contributed by atoms with E-state index in [9.17, 15) is 0 Å². The van der Waals surface area contributed by atoms with Crippen molar-refractivity contribution in [3.63, 3.8) is 0 Å². The molecule has 0 saturated heterocycles. The molecule has 0 atom stereocenters. The topological polar surface area (TPSA) is 56.7 Å². The number of rotatable bonds is 4. The van der Waals surface area contributed by atoms with Crippen molar-refractivity contribution in [2.75, 3.05) is 0 Å². The van der Waals surface area contributed by atoms with Crippen LogP contribution in [0.25, 0.3) is 28.6 Å². The fraction of sp³-hybridized carbons (Fsp3) is 0.370. The van der Waals surface area contributed by atoms with Gasteiger partial charge in [0.25, 0.3) is 5.89 Å². The minimum atomic E-state index is 0.144. The molecule has 0 N–H and O–H groups in total. The third kappa shape index (κ3) is 2.87. The smallest absolute Gasteiger partial charge is 0.251 e. The van der Waals surface area contributed by atoms with Gasteiger partial charge in [-0.2, -0.15) is 5.10 Å². The van der Waals surface area contributed by atoms with Crippen molar-refractivity contribution < 1.29 is 4.42 Å². The van der Waals surface area contributed by atoms with E-state index in [1.807, 2.05) is 41.1 Å². The Kier molecular flexibility index (Phi) is 3.96. The van der Waals surface area contributed by atoms with Crippen molar-refractivity contribution in [1.29, 1.82) is 0 Å². The van der Waals surface area contributed by atoms with Crippen LogP contribution in [0.1, 0.15) is 44.2 Å². The molecule has 4 fully saturated rings. The number of hydrogen-bond acceptors (Lipinski definition) is 4. The molecule has 0 unspecified atom stereocenters. The number of benzene rings is 2. The van der Waals surface area contributed by atoms with Crippen LogP contribution in [0.5, 0.6) is 0 Å². The molecule has 4 saturated carbocycles. The molecular formula is C27H26N4O. The van der Waals surface area contributed by atoms with Crippen LogP contribution in [-0.2, 0) is 5.41 Å². The molecule has 2 aromatic carbocycles. The van der Waals surface area contributed by atoms with Gasteiger partial charge < -0.3 is 4.42 Å². The van der Waals surface area contributed by atoms with E-state index in [1.54, 1.807) is 0 Å². The van der Waals surface area contributed by atoms with Gasteiger partial charge in [0.15, 0.2) is 0 Å². The van der Waals surface area contributed by atoms with E-state index >= 15 is 0 Å². The summed E-state index contributed by atoms with van der Waals surface area (Å²) in [7, 11) is 0. The molecule has 0 radical (unpaired) electrons. The second-order valence-corrected chi connectivity index (χ2v) is 10.1. The van der Waals surface area contributed by atoms with E-state index in [0.717, 1.165) is 34.6 Å². The normalized spacial score (nSPS) is 28.3. The molecule has 32 heavy (non-hydrogen) atoms. The molecule has 4 bridgehead atoms. The van der Waals surface area contributed by atoms with Gasteiger partial charge in [0.05, 0.1) is 16.9 Å². The Bertz CT molecular complexity index is 1220. The van der Waals surface area contributed by atoms with E-state index in [1.165, 1.54) is 44.2 Å². The average Bonchev–Trinajstić information content (AvgIpc) is 3.48. The predicted octanol–water partition coefficient (Wildman–Crippen LogP) is 6.06. The van der Waals surface area contributed by atoms with Gasteiger partial charge in [0, 0.05) is 17.2 Å². The van der Waals surface area contributed by atoms with Crippen LogP contribution in [0.15, 0.2) is 71.3 Å². The van der Waals surface area contributed by atoms with Gasteiger partial charge in [0.1, 0.15) is 0 Å². The van der Waals surface area contributed by atoms with Crippen molar-refractivity contribution in [1.82, 2.24) is 20.0 Å². The minimum absolute atomic E-state index is 0.144. The van der Waals surface area contributed by atoms with Gasteiger partial charge >= 0.3 is 0 Å². The van der Waals surface area contributed by atoms with E-state index in [0.29, 0.717) is 11.8 Å². The maximum absolute atomic E-state index is 6.23. The van der Waals surface area contributed by atoms with Crippen molar-refractivity contribution in [3.8, 4) is 28.6 Å². The molecule has 0 aliphatic heterocycles. The highest BCUT2D eigenvalue weighted by Crippen LogP contribution is 2.61. The number of hydrogen-bond donors (Lipinski definition) is 0. The van der Waals surface area contributed by atoms with E-state index in [-0.39, 0.29) is 5.41 Å². The molecule has 4 aliphatic carbocycles. The summed E-state index contributed by atoms with van der Waals surface area (Å²) in [4.78, 5) is 0. The van der Waals surface area contributed by atoms with Crippen LogP contribution < -0.4 is 0 Å². The van der Waals surface area contributed by atoms with E-state index in [4.69, 9.17) is 9.52 Å². The lowest BCUT2D eigenvalue weighted by molar-refractivity contribution is -0.00714. The molecule has 4 aliphatic rings. The van der Waals surface area contributed by atoms with Crippen LogP contribution in [0.2, 0.25) is 0 Å². The van der Waals surface area contributed by atoms with Gasteiger partial charge in [-0.3, -0.25) is 0 Å². The van der Waals surface area contributed by atoms with Crippen LogP contribution in [0, 0.1) is 17.8 Å². The first kappa shape index (κ1) is 18.4. The van der Waals surface area contributed by atoms with Crippen molar-refractivity contribution >= 4 is 0 Å². The summed E-state index contributed by atoms with van der Waals surface area (Å²) in [6, 6.07) is 20.3.